The van der Waals surface area contributed by atoms with Crippen molar-refractivity contribution in [2.24, 2.45) is 0 Å². The van der Waals surface area contributed by atoms with Crippen molar-refractivity contribution in [3.8, 4) is 0 Å². The second kappa shape index (κ2) is 9.23. The minimum Gasteiger partial charge on any atom is -0.469 e. The van der Waals surface area contributed by atoms with Gasteiger partial charge in [-0.2, -0.15) is 0 Å². The normalized spacial score (nSPS) is 19.1. The van der Waals surface area contributed by atoms with E-state index >= 15 is 0 Å². The zero-order valence-electron chi connectivity index (χ0n) is 19.6. The third-order valence-electron chi connectivity index (χ3n) is 6.79. The maximum Gasteiger partial charge on any atom is 0.327 e. The van der Waals surface area contributed by atoms with Gasteiger partial charge in [0, 0.05) is 29.3 Å². The van der Waals surface area contributed by atoms with Crippen LogP contribution in [0.25, 0.3) is 0 Å². The smallest absolute Gasteiger partial charge is 0.327 e. The average Bonchev–Trinajstić information content (AvgIpc) is 3.40. The number of Topliss-reactive ketones (excluding diaryl/α,β-unsaturated/α-hetero) is 1. The molecule has 3 aromatic carbocycles. The number of benzene rings is 3. The quantitative estimate of drug-likeness (QED) is 0.338. The molecule has 0 radical (unpaired) electrons. The molecule has 36 heavy (non-hydrogen) atoms. The van der Waals surface area contributed by atoms with Gasteiger partial charge in [-0.1, -0.05) is 60.7 Å². The molecule has 6 heteroatoms. The second-order valence-corrected chi connectivity index (χ2v) is 9.06. The van der Waals surface area contributed by atoms with Crippen LogP contribution in [0.1, 0.15) is 36.1 Å². The molecule has 2 N–H and O–H groups in total. The van der Waals surface area contributed by atoms with Gasteiger partial charge >= 0.3 is 6.03 Å². The first-order valence-corrected chi connectivity index (χ1v) is 12.0. The van der Waals surface area contributed by atoms with Gasteiger partial charge in [0.05, 0.1) is 23.7 Å². The highest BCUT2D eigenvalue weighted by Gasteiger charge is 2.42. The van der Waals surface area contributed by atoms with Crippen molar-refractivity contribution in [3.05, 3.63) is 126 Å². The van der Waals surface area contributed by atoms with E-state index in [0.29, 0.717) is 29.8 Å². The number of amides is 2. The summed E-state index contributed by atoms with van der Waals surface area (Å²) in [5.74, 6) is 0.737. The molecule has 2 amide bonds. The standard InChI is InChI=1S/C30H25N3O3/c34-26-19-21(27-16-9-17-36-27)18-24-28(26)29(20-10-3-1-4-11-20)33(25-15-8-7-14-23(25)32-24)30(35)31-22-12-5-2-6-13-22/h1-17,21,29,32H,18-19H2,(H,31,35)/t21-,29-/m1/s1. The zero-order valence-corrected chi connectivity index (χ0v) is 19.6. The Hall–Kier alpha value is -4.58. The van der Waals surface area contributed by atoms with Gasteiger partial charge in [-0.05, 0) is 48.4 Å². The number of hydrogen-bond donors (Lipinski definition) is 2. The van der Waals surface area contributed by atoms with Gasteiger partial charge in [0.15, 0.2) is 5.78 Å². The summed E-state index contributed by atoms with van der Waals surface area (Å²) in [6.07, 6.45) is 2.57. The molecule has 1 aliphatic heterocycles. The van der Waals surface area contributed by atoms with Crippen LogP contribution in [0.5, 0.6) is 0 Å². The predicted octanol–water partition coefficient (Wildman–Crippen LogP) is 6.89. The Labute approximate surface area is 209 Å². The number of carbonyl (C=O) groups is 2. The summed E-state index contributed by atoms with van der Waals surface area (Å²) in [5, 5.41) is 6.56. The van der Waals surface area contributed by atoms with Crippen molar-refractivity contribution in [1.29, 1.82) is 0 Å². The van der Waals surface area contributed by atoms with Crippen LogP contribution in [0.4, 0.5) is 21.9 Å². The van der Waals surface area contributed by atoms with E-state index in [2.05, 4.69) is 10.6 Å². The molecule has 6 rings (SSSR count). The third-order valence-corrected chi connectivity index (χ3v) is 6.79. The van der Waals surface area contributed by atoms with Gasteiger partial charge in [0.25, 0.3) is 0 Å². The number of rotatable bonds is 3. The molecule has 0 saturated heterocycles. The molecule has 0 bridgehead atoms. The molecule has 0 spiro atoms. The Bertz CT molecular complexity index is 1430. The van der Waals surface area contributed by atoms with E-state index in [1.165, 1.54) is 0 Å². The van der Waals surface area contributed by atoms with Crippen LogP contribution in [0.3, 0.4) is 0 Å². The van der Waals surface area contributed by atoms with E-state index in [4.69, 9.17) is 4.42 Å². The number of ketones is 1. The summed E-state index contributed by atoms with van der Waals surface area (Å²) in [5.41, 5.74) is 4.48. The summed E-state index contributed by atoms with van der Waals surface area (Å²) in [6.45, 7) is 0. The molecule has 0 fully saturated rings. The first kappa shape index (κ1) is 21.9. The van der Waals surface area contributed by atoms with Crippen molar-refractivity contribution in [3.63, 3.8) is 0 Å². The van der Waals surface area contributed by atoms with Crippen molar-refractivity contribution in [2.75, 3.05) is 15.5 Å². The number of furan rings is 1. The number of nitrogens with one attached hydrogen (secondary N) is 2. The Kier molecular flexibility index (Phi) is 5.62. The molecule has 178 valence electrons. The molecule has 1 aliphatic carbocycles. The molecule has 2 aliphatic rings. The number of nitrogens with zero attached hydrogens (tertiary/aromatic N) is 1. The Balaban J connectivity index is 1.52. The van der Waals surface area contributed by atoms with Crippen LogP contribution in [0.2, 0.25) is 0 Å². The maximum atomic E-state index is 13.9. The molecule has 4 aromatic rings. The lowest BCUT2D eigenvalue weighted by atomic mass is 9.80. The van der Waals surface area contributed by atoms with Crippen LogP contribution in [0.15, 0.2) is 119 Å². The molecule has 6 nitrogen and oxygen atoms in total. The number of urea groups is 1. The van der Waals surface area contributed by atoms with Gasteiger partial charge in [-0.3, -0.25) is 9.69 Å². The summed E-state index contributed by atoms with van der Waals surface area (Å²) >= 11 is 0. The molecule has 2 atom stereocenters. The maximum absolute atomic E-state index is 13.9. The van der Waals surface area contributed by atoms with Crippen LogP contribution < -0.4 is 15.5 Å². The average molecular weight is 476 g/mol. The zero-order chi connectivity index (χ0) is 24.5. The highest BCUT2D eigenvalue weighted by atomic mass is 16.3. The summed E-state index contributed by atoms with van der Waals surface area (Å²) in [6, 6.07) is 29.7. The molecule has 1 aromatic heterocycles. The topological polar surface area (TPSA) is 74.6 Å². The van der Waals surface area contributed by atoms with E-state index in [1.807, 2.05) is 97.1 Å². The first-order valence-electron chi connectivity index (χ1n) is 12.0. The lowest BCUT2D eigenvalue weighted by Gasteiger charge is -2.34. The van der Waals surface area contributed by atoms with E-state index < -0.39 is 6.04 Å². The first-order chi connectivity index (χ1) is 17.7. The highest BCUT2D eigenvalue weighted by Crippen LogP contribution is 2.47. The fraction of sp³-hybridized carbons (Fsp3) is 0.133. The number of para-hydroxylation sites is 3. The van der Waals surface area contributed by atoms with Crippen LogP contribution >= 0.6 is 0 Å². The van der Waals surface area contributed by atoms with E-state index in [1.54, 1.807) is 11.2 Å². The Morgan fingerprint density at radius 2 is 1.58 bits per heavy atom. The summed E-state index contributed by atoms with van der Waals surface area (Å²) in [4.78, 5) is 29.5. The van der Waals surface area contributed by atoms with Gasteiger partial charge in [0.1, 0.15) is 5.76 Å². The van der Waals surface area contributed by atoms with Crippen LogP contribution in [-0.2, 0) is 4.79 Å². The minimum absolute atomic E-state index is 0.00400. The number of fused-ring (bicyclic) bond motifs is 1. The Morgan fingerprint density at radius 1 is 0.861 bits per heavy atom. The SMILES string of the molecule is O=C1C[C@H](c2ccco2)CC2=C1[C@@H](c1ccccc1)N(C(=O)Nc1ccccc1)c1ccccc1N2. The lowest BCUT2D eigenvalue weighted by Crippen LogP contribution is -2.41. The number of anilines is 3. The highest BCUT2D eigenvalue weighted by molar-refractivity contribution is 6.09. The second-order valence-electron chi connectivity index (χ2n) is 9.06. The van der Waals surface area contributed by atoms with Crippen molar-refractivity contribution >= 4 is 28.9 Å². The van der Waals surface area contributed by atoms with Crippen molar-refractivity contribution < 1.29 is 14.0 Å². The van der Waals surface area contributed by atoms with E-state index in [0.717, 1.165) is 22.7 Å². The van der Waals surface area contributed by atoms with Gasteiger partial charge < -0.3 is 15.1 Å². The van der Waals surface area contributed by atoms with Crippen molar-refractivity contribution in [1.82, 2.24) is 0 Å². The van der Waals surface area contributed by atoms with Crippen molar-refractivity contribution in [2.45, 2.75) is 24.8 Å². The lowest BCUT2D eigenvalue weighted by molar-refractivity contribution is -0.116. The molecule has 2 heterocycles. The third kappa shape index (κ3) is 3.96. The van der Waals surface area contributed by atoms with E-state index in [9.17, 15) is 9.59 Å². The molecular formula is C30H25N3O3. The monoisotopic (exact) mass is 475 g/mol. The minimum atomic E-state index is -0.592. The largest absolute Gasteiger partial charge is 0.469 e. The molecule has 0 unspecified atom stereocenters. The number of allylic oxidation sites excluding steroid dienone is 1. The Morgan fingerprint density at radius 3 is 2.33 bits per heavy atom. The fourth-order valence-corrected chi connectivity index (χ4v) is 5.19. The summed E-state index contributed by atoms with van der Waals surface area (Å²) < 4.78 is 5.66. The van der Waals surface area contributed by atoms with E-state index in [-0.39, 0.29) is 17.7 Å². The number of hydrogen-bond acceptors (Lipinski definition) is 4. The summed E-state index contributed by atoms with van der Waals surface area (Å²) in [7, 11) is 0. The van der Waals surface area contributed by atoms with Gasteiger partial charge in [-0.25, -0.2) is 4.79 Å². The fourth-order valence-electron chi connectivity index (χ4n) is 5.19. The predicted molar refractivity (Wildman–Crippen MR) is 140 cm³/mol. The van der Waals surface area contributed by atoms with Crippen LogP contribution in [0, 0.1) is 0 Å². The van der Waals surface area contributed by atoms with Crippen LogP contribution in [-0.4, -0.2) is 11.8 Å². The number of carbonyl (C=O) groups excluding carboxylic acids is 2. The molecular weight excluding hydrogens is 450 g/mol. The molecule has 0 saturated carbocycles. The van der Waals surface area contributed by atoms with Gasteiger partial charge in [0.2, 0.25) is 0 Å². The van der Waals surface area contributed by atoms with Gasteiger partial charge in [-0.15, -0.1) is 0 Å².